The summed E-state index contributed by atoms with van der Waals surface area (Å²) in [6.07, 6.45) is 4.23. The molecule has 1 aliphatic carbocycles. The topological polar surface area (TPSA) is 75.5 Å². The molecule has 2 heterocycles. The van der Waals surface area contributed by atoms with E-state index < -0.39 is 11.4 Å². The van der Waals surface area contributed by atoms with Gasteiger partial charge in [0.25, 0.3) is 0 Å². The second-order valence-corrected chi connectivity index (χ2v) is 5.35. The molecule has 0 amide bonds. The highest BCUT2D eigenvalue weighted by Gasteiger charge is 2.55. The van der Waals surface area contributed by atoms with Crippen molar-refractivity contribution in [2.45, 2.75) is 19.3 Å². The van der Waals surface area contributed by atoms with Crippen LogP contribution in [0, 0.1) is 11.3 Å². The van der Waals surface area contributed by atoms with E-state index in [1.807, 2.05) is 4.90 Å². The Bertz CT molecular complexity index is 508. The van der Waals surface area contributed by atoms with Gasteiger partial charge in [-0.15, -0.1) is 0 Å². The molecule has 2 fully saturated rings. The van der Waals surface area contributed by atoms with Gasteiger partial charge in [-0.3, -0.25) is 4.79 Å². The minimum Gasteiger partial charge on any atom is -0.481 e. The fraction of sp³-hybridized carbons (Fsp3) is 0.615. The zero-order valence-corrected chi connectivity index (χ0v) is 10.9. The van der Waals surface area contributed by atoms with E-state index in [9.17, 15) is 9.90 Å². The second kappa shape index (κ2) is 4.36. The molecule has 6 heteroatoms. The number of methoxy groups -OCH3 is 1. The molecule has 1 saturated carbocycles. The molecule has 3 rings (SSSR count). The lowest BCUT2D eigenvalue weighted by Crippen LogP contribution is -2.35. The van der Waals surface area contributed by atoms with Gasteiger partial charge in [0.05, 0.1) is 12.5 Å². The van der Waals surface area contributed by atoms with Crippen LogP contribution in [0.15, 0.2) is 12.4 Å². The van der Waals surface area contributed by atoms with E-state index in [1.165, 1.54) is 6.33 Å². The van der Waals surface area contributed by atoms with E-state index in [-0.39, 0.29) is 5.92 Å². The summed E-state index contributed by atoms with van der Waals surface area (Å²) in [6.45, 7) is 1.29. The maximum absolute atomic E-state index is 11.6. The van der Waals surface area contributed by atoms with Crippen LogP contribution in [0.25, 0.3) is 0 Å². The van der Waals surface area contributed by atoms with Crippen molar-refractivity contribution in [3.8, 4) is 5.88 Å². The third kappa shape index (κ3) is 1.82. The van der Waals surface area contributed by atoms with Crippen LogP contribution >= 0.6 is 0 Å². The SMILES string of the molecule is COc1cc(N2C[C@@H]3CCC[C@@]3(C(=O)O)C2)ncn1. The number of anilines is 1. The summed E-state index contributed by atoms with van der Waals surface area (Å²) >= 11 is 0. The summed E-state index contributed by atoms with van der Waals surface area (Å²) in [4.78, 5) is 21.9. The minimum absolute atomic E-state index is 0.228. The first kappa shape index (κ1) is 12.2. The van der Waals surface area contributed by atoms with E-state index in [2.05, 4.69) is 9.97 Å². The van der Waals surface area contributed by atoms with Crippen molar-refractivity contribution < 1.29 is 14.6 Å². The molecule has 0 radical (unpaired) electrons. The van der Waals surface area contributed by atoms with E-state index in [4.69, 9.17) is 4.74 Å². The minimum atomic E-state index is -0.668. The average molecular weight is 263 g/mol. The lowest BCUT2D eigenvalue weighted by Gasteiger charge is -2.23. The highest BCUT2D eigenvalue weighted by molar-refractivity contribution is 5.77. The smallest absolute Gasteiger partial charge is 0.311 e. The maximum Gasteiger partial charge on any atom is 0.311 e. The van der Waals surface area contributed by atoms with Crippen LogP contribution < -0.4 is 9.64 Å². The van der Waals surface area contributed by atoms with Crippen molar-refractivity contribution in [1.29, 1.82) is 0 Å². The number of hydrogen-bond donors (Lipinski definition) is 1. The summed E-state index contributed by atoms with van der Waals surface area (Å²) < 4.78 is 5.09. The molecule has 1 aliphatic heterocycles. The Hall–Kier alpha value is -1.85. The summed E-state index contributed by atoms with van der Waals surface area (Å²) in [6, 6.07) is 1.76. The fourth-order valence-corrected chi connectivity index (χ4v) is 3.43. The standard InChI is InChI=1S/C13H17N3O3/c1-19-11-5-10(14-8-15-11)16-6-9-3-2-4-13(9,7-16)12(17)18/h5,8-9H,2-4,6-7H2,1H3,(H,17,18)/t9-,13+/m0/s1. The number of carboxylic acid groups (broad SMARTS) is 1. The molecule has 102 valence electrons. The summed E-state index contributed by atoms with van der Waals surface area (Å²) in [7, 11) is 1.56. The number of carbonyl (C=O) groups is 1. The van der Waals surface area contributed by atoms with Crippen molar-refractivity contribution in [3.63, 3.8) is 0 Å². The quantitative estimate of drug-likeness (QED) is 0.882. The first-order valence-corrected chi connectivity index (χ1v) is 6.50. The van der Waals surface area contributed by atoms with Crippen molar-refractivity contribution in [3.05, 3.63) is 12.4 Å². The predicted molar refractivity (Wildman–Crippen MR) is 68.2 cm³/mol. The molecule has 0 aromatic carbocycles. The maximum atomic E-state index is 11.6. The first-order chi connectivity index (χ1) is 9.15. The first-order valence-electron chi connectivity index (χ1n) is 6.50. The summed E-state index contributed by atoms with van der Waals surface area (Å²) in [5.74, 6) is 0.817. The Morgan fingerprint density at radius 1 is 1.58 bits per heavy atom. The number of aromatic nitrogens is 2. The third-order valence-corrected chi connectivity index (χ3v) is 4.46. The zero-order valence-electron chi connectivity index (χ0n) is 10.9. The molecule has 1 aromatic rings. The molecule has 0 bridgehead atoms. The predicted octanol–water partition coefficient (Wildman–Crippen LogP) is 1.18. The van der Waals surface area contributed by atoms with Crippen LogP contribution in [0.1, 0.15) is 19.3 Å². The molecule has 2 aliphatic rings. The molecular weight excluding hydrogens is 246 g/mol. The van der Waals surface area contributed by atoms with Crippen LogP contribution in [0.3, 0.4) is 0 Å². The Balaban J connectivity index is 1.87. The molecule has 0 spiro atoms. The molecule has 1 N–H and O–H groups in total. The second-order valence-electron chi connectivity index (χ2n) is 5.35. The zero-order chi connectivity index (χ0) is 13.5. The van der Waals surface area contributed by atoms with Gasteiger partial charge < -0.3 is 14.7 Å². The molecular formula is C13H17N3O3. The van der Waals surface area contributed by atoms with Crippen molar-refractivity contribution in [1.82, 2.24) is 9.97 Å². The molecule has 2 atom stereocenters. The van der Waals surface area contributed by atoms with E-state index >= 15 is 0 Å². The lowest BCUT2D eigenvalue weighted by atomic mass is 9.81. The van der Waals surface area contributed by atoms with E-state index in [1.54, 1.807) is 13.2 Å². The number of nitrogens with zero attached hydrogens (tertiary/aromatic N) is 3. The van der Waals surface area contributed by atoms with Crippen LogP contribution in [0.2, 0.25) is 0 Å². The average Bonchev–Trinajstić information content (AvgIpc) is 2.96. The van der Waals surface area contributed by atoms with Crippen LogP contribution in [-0.4, -0.2) is 41.2 Å². The Kier molecular flexibility index (Phi) is 2.80. The molecule has 6 nitrogen and oxygen atoms in total. The Morgan fingerprint density at radius 2 is 2.42 bits per heavy atom. The molecule has 0 unspecified atom stereocenters. The number of rotatable bonds is 3. The van der Waals surface area contributed by atoms with Gasteiger partial charge in [0.2, 0.25) is 5.88 Å². The monoisotopic (exact) mass is 263 g/mol. The molecule has 19 heavy (non-hydrogen) atoms. The molecule has 1 aromatic heterocycles. The van der Waals surface area contributed by atoms with Gasteiger partial charge in [-0.05, 0) is 18.8 Å². The van der Waals surface area contributed by atoms with Crippen molar-refractivity contribution >= 4 is 11.8 Å². The highest BCUT2D eigenvalue weighted by atomic mass is 16.5. The van der Waals surface area contributed by atoms with Gasteiger partial charge in [-0.1, -0.05) is 6.42 Å². The van der Waals surface area contributed by atoms with E-state index in [0.29, 0.717) is 12.4 Å². The number of ether oxygens (including phenoxy) is 1. The number of hydrogen-bond acceptors (Lipinski definition) is 5. The Morgan fingerprint density at radius 3 is 3.11 bits per heavy atom. The normalized spacial score (nSPS) is 29.3. The van der Waals surface area contributed by atoms with Crippen LogP contribution in [0.4, 0.5) is 5.82 Å². The molecule has 1 saturated heterocycles. The number of aliphatic carboxylic acids is 1. The van der Waals surface area contributed by atoms with Gasteiger partial charge in [-0.2, -0.15) is 0 Å². The van der Waals surface area contributed by atoms with Crippen molar-refractivity contribution in [2.24, 2.45) is 11.3 Å². The van der Waals surface area contributed by atoms with Gasteiger partial charge in [-0.25, -0.2) is 9.97 Å². The van der Waals surface area contributed by atoms with Gasteiger partial charge >= 0.3 is 5.97 Å². The third-order valence-electron chi connectivity index (χ3n) is 4.46. The highest BCUT2D eigenvalue weighted by Crippen LogP contribution is 2.49. The van der Waals surface area contributed by atoms with Gasteiger partial charge in [0.15, 0.2) is 0 Å². The van der Waals surface area contributed by atoms with Crippen LogP contribution in [-0.2, 0) is 4.79 Å². The number of fused-ring (bicyclic) bond motifs is 1. The lowest BCUT2D eigenvalue weighted by molar-refractivity contribution is -0.149. The largest absolute Gasteiger partial charge is 0.481 e. The summed E-state index contributed by atoms with van der Waals surface area (Å²) in [5, 5.41) is 9.56. The van der Waals surface area contributed by atoms with E-state index in [0.717, 1.165) is 31.6 Å². The van der Waals surface area contributed by atoms with Crippen LogP contribution in [0.5, 0.6) is 5.88 Å². The van der Waals surface area contributed by atoms with Gasteiger partial charge in [0.1, 0.15) is 12.1 Å². The van der Waals surface area contributed by atoms with Gasteiger partial charge in [0, 0.05) is 19.2 Å². The fourth-order valence-electron chi connectivity index (χ4n) is 3.43. The summed E-state index contributed by atoms with van der Waals surface area (Å²) in [5.41, 5.74) is -0.585. The van der Waals surface area contributed by atoms with Crippen molar-refractivity contribution in [2.75, 3.05) is 25.1 Å². The number of carboxylic acids is 1. The Labute approximate surface area is 111 Å².